The Bertz CT molecular complexity index is 907. The lowest BCUT2D eigenvalue weighted by Gasteiger charge is -2.22. The van der Waals surface area contributed by atoms with Crippen LogP contribution in [0.3, 0.4) is 0 Å². The van der Waals surface area contributed by atoms with Gasteiger partial charge in [-0.2, -0.15) is 0 Å². The molecule has 2 aliphatic rings. The van der Waals surface area contributed by atoms with Crippen molar-refractivity contribution in [3.8, 4) is 5.88 Å². The Morgan fingerprint density at radius 2 is 1.96 bits per heavy atom. The predicted octanol–water partition coefficient (Wildman–Crippen LogP) is 1.79. The van der Waals surface area contributed by atoms with E-state index in [-0.39, 0.29) is 5.88 Å². The Morgan fingerprint density at radius 3 is 2.75 bits per heavy atom. The van der Waals surface area contributed by atoms with Crippen molar-refractivity contribution >= 4 is 28.4 Å². The highest BCUT2D eigenvalue weighted by molar-refractivity contribution is 5.97. The SMILES string of the molecule is CN1CC=C(c2cccc3c2cc2n3OC(=O)/C=C/C(=O)O2)CC1. The van der Waals surface area contributed by atoms with Crippen LogP contribution in [0.5, 0.6) is 5.88 Å². The first-order valence-electron chi connectivity index (χ1n) is 7.76. The number of likely N-dealkylation sites (N-methyl/N-ethyl adjacent to an activating group) is 1. The second-order valence-electron chi connectivity index (χ2n) is 5.92. The summed E-state index contributed by atoms with van der Waals surface area (Å²) in [6.07, 6.45) is 5.26. The average molecular weight is 324 g/mol. The second-order valence-corrected chi connectivity index (χ2v) is 5.92. The van der Waals surface area contributed by atoms with Crippen LogP contribution in [-0.2, 0) is 9.59 Å². The number of aromatic nitrogens is 1. The van der Waals surface area contributed by atoms with Crippen molar-refractivity contribution in [3.05, 3.63) is 48.1 Å². The molecule has 0 spiro atoms. The number of carbonyl (C=O) groups excluding carboxylic acids is 2. The molecule has 0 saturated heterocycles. The van der Waals surface area contributed by atoms with E-state index in [9.17, 15) is 9.59 Å². The molecule has 0 atom stereocenters. The first kappa shape index (κ1) is 14.7. The minimum Gasteiger partial charge on any atom is -0.403 e. The molecule has 0 fully saturated rings. The highest BCUT2D eigenvalue weighted by Gasteiger charge is 2.21. The number of benzene rings is 1. The van der Waals surface area contributed by atoms with Crippen LogP contribution in [0.15, 0.2) is 42.5 Å². The van der Waals surface area contributed by atoms with E-state index in [0.29, 0.717) is 5.52 Å². The quantitative estimate of drug-likeness (QED) is 0.749. The van der Waals surface area contributed by atoms with Gasteiger partial charge in [-0.05, 0) is 30.7 Å². The molecule has 0 unspecified atom stereocenters. The van der Waals surface area contributed by atoms with Gasteiger partial charge in [0.25, 0.3) is 0 Å². The Kier molecular flexibility index (Phi) is 3.46. The number of rotatable bonds is 1. The van der Waals surface area contributed by atoms with Crippen molar-refractivity contribution in [2.24, 2.45) is 0 Å². The third kappa shape index (κ3) is 2.51. The van der Waals surface area contributed by atoms with E-state index in [1.165, 1.54) is 10.3 Å². The topological polar surface area (TPSA) is 60.8 Å². The number of ether oxygens (including phenoxy) is 1. The number of nitrogens with zero attached hydrogens (tertiary/aromatic N) is 2. The van der Waals surface area contributed by atoms with Gasteiger partial charge >= 0.3 is 11.9 Å². The first-order valence-corrected chi connectivity index (χ1v) is 7.76. The average Bonchev–Trinajstić information content (AvgIpc) is 2.89. The Morgan fingerprint density at radius 1 is 1.12 bits per heavy atom. The molecule has 0 bridgehead atoms. The lowest BCUT2D eigenvalue weighted by Crippen LogP contribution is -2.23. The summed E-state index contributed by atoms with van der Waals surface area (Å²) in [7, 11) is 2.09. The Hall–Kier alpha value is -2.86. The van der Waals surface area contributed by atoms with Gasteiger partial charge in [0.1, 0.15) is 0 Å². The van der Waals surface area contributed by atoms with Crippen molar-refractivity contribution in [1.82, 2.24) is 9.63 Å². The summed E-state index contributed by atoms with van der Waals surface area (Å²) in [6, 6.07) is 7.53. The molecule has 0 amide bonds. The lowest BCUT2D eigenvalue weighted by atomic mass is 9.97. The van der Waals surface area contributed by atoms with Crippen LogP contribution in [0.2, 0.25) is 0 Å². The molecule has 0 saturated carbocycles. The van der Waals surface area contributed by atoms with E-state index >= 15 is 0 Å². The zero-order valence-corrected chi connectivity index (χ0v) is 13.2. The van der Waals surface area contributed by atoms with Gasteiger partial charge in [-0.15, -0.1) is 4.73 Å². The molecule has 0 N–H and O–H groups in total. The molecular weight excluding hydrogens is 308 g/mol. The van der Waals surface area contributed by atoms with Crippen LogP contribution >= 0.6 is 0 Å². The maximum absolute atomic E-state index is 11.8. The Balaban J connectivity index is 1.86. The van der Waals surface area contributed by atoms with Crippen LogP contribution < -0.4 is 9.57 Å². The van der Waals surface area contributed by atoms with Crippen LogP contribution in [0.1, 0.15) is 12.0 Å². The fraction of sp³-hybridized carbons (Fsp3) is 0.222. The van der Waals surface area contributed by atoms with Crippen LogP contribution in [-0.4, -0.2) is 41.7 Å². The fourth-order valence-corrected chi connectivity index (χ4v) is 3.04. The molecule has 6 nitrogen and oxygen atoms in total. The molecule has 2 aliphatic heterocycles. The summed E-state index contributed by atoms with van der Waals surface area (Å²) >= 11 is 0. The highest BCUT2D eigenvalue weighted by Crippen LogP contribution is 2.33. The summed E-state index contributed by atoms with van der Waals surface area (Å²) in [4.78, 5) is 31.0. The molecule has 4 rings (SSSR count). The highest BCUT2D eigenvalue weighted by atomic mass is 16.7. The van der Waals surface area contributed by atoms with Gasteiger partial charge in [0.15, 0.2) is 0 Å². The van der Waals surface area contributed by atoms with Gasteiger partial charge in [0, 0.05) is 36.7 Å². The molecule has 24 heavy (non-hydrogen) atoms. The molecular formula is C18H16N2O4. The number of hydrogen-bond acceptors (Lipinski definition) is 5. The fourth-order valence-electron chi connectivity index (χ4n) is 3.04. The largest absolute Gasteiger partial charge is 0.403 e. The van der Waals surface area contributed by atoms with Crippen molar-refractivity contribution in [1.29, 1.82) is 0 Å². The molecule has 3 heterocycles. The molecule has 1 aromatic carbocycles. The van der Waals surface area contributed by atoms with Gasteiger partial charge < -0.3 is 14.5 Å². The summed E-state index contributed by atoms with van der Waals surface area (Å²) in [5.41, 5.74) is 3.01. The van der Waals surface area contributed by atoms with Gasteiger partial charge in [-0.3, -0.25) is 0 Å². The third-order valence-electron chi connectivity index (χ3n) is 4.27. The normalized spacial score (nSPS) is 19.8. The number of carbonyl (C=O) groups is 2. The first-order chi connectivity index (χ1) is 11.6. The summed E-state index contributed by atoms with van der Waals surface area (Å²) in [5.74, 6) is -1.02. The molecule has 122 valence electrons. The van der Waals surface area contributed by atoms with E-state index in [2.05, 4.69) is 18.0 Å². The van der Waals surface area contributed by atoms with Crippen LogP contribution in [0.25, 0.3) is 16.5 Å². The maximum atomic E-state index is 11.8. The van der Waals surface area contributed by atoms with Crippen LogP contribution in [0, 0.1) is 0 Å². The zero-order valence-electron chi connectivity index (χ0n) is 13.2. The van der Waals surface area contributed by atoms with Gasteiger partial charge in [-0.25, -0.2) is 9.59 Å². The maximum Gasteiger partial charge on any atom is 0.356 e. The van der Waals surface area contributed by atoms with Gasteiger partial charge in [0.05, 0.1) is 5.52 Å². The van der Waals surface area contributed by atoms with E-state index in [1.807, 2.05) is 18.2 Å². The lowest BCUT2D eigenvalue weighted by molar-refractivity contribution is -0.141. The smallest absolute Gasteiger partial charge is 0.356 e. The minimum absolute atomic E-state index is 0.202. The van der Waals surface area contributed by atoms with Crippen LogP contribution in [0.4, 0.5) is 0 Å². The molecule has 2 aromatic rings. The second kappa shape index (κ2) is 5.65. The summed E-state index contributed by atoms with van der Waals surface area (Å²) < 4.78 is 6.54. The summed E-state index contributed by atoms with van der Waals surface area (Å²) in [6.45, 7) is 1.89. The molecule has 0 aliphatic carbocycles. The molecule has 0 radical (unpaired) electrons. The standard InChI is InChI=1S/C18H16N2O4/c1-19-9-7-12(8-10-19)13-3-2-4-15-14(13)11-16-20(15)24-18(22)6-5-17(21)23-16/h2-7,11H,8-10H2,1H3/b6-5+. The predicted molar refractivity (Wildman–Crippen MR) is 88.4 cm³/mol. The molecule has 1 aromatic heterocycles. The monoisotopic (exact) mass is 324 g/mol. The van der Waals surface area contributed by atoms with E-state index in [1.54, 1.807) is 6.07 Å². The van der Waals surface area contributed by atoms with Crippen molar-refractivity contribution in [2.75, 3.05) is 20.1 Å². The minimum atomic E-state index is -0.616. The van der Waals surface area contributed by atoms with E-state index < -0.39 is 11.9 Å². The summed E-state index contributed by atoms with van der Waals surface area (Å²) in [5, 5.41) is 0.894. The molecule has 6 heteroatoms. The van der Waals surface area contributed by atoms with Gasteiger partial charge in [-0.1, -0.05) is 18.2 Å². The van der Waals surface area contributed by atoms with Crippen molar-refractivity contribution in [2.45, 2.75) is 6.42 Å². The number of hydrogen-bond donors (Lipinski definition) is 0. The Labute approximate surface area is 138 Å². The number of fused-ring (bicyclic) bond motifs is 3. The number of esters is 1. The van der Waals surface area contributed by atoms with Crippen molar-refractivity contribution in [3.63, 3.8) is 0 Å². The van der Waals surface area contributed by atoms with E-state index in [0.717, 1.165) is 42.6 Å². The van der Waals surface area contributed by atoms with Gasteiger partial charge in [0.2, 0.25) is 5.88 Å². The third-order valence-corrected chi connectivity index (χ3v) is 4.27. The van der Waals surface area contributed by atoms with Crippen molar-refractivity contribution < 1.29 is 19.2 Å². The van der Waals surface area contributed by atoms with E-state index in [4.69, 9.17) is 9.57 Å². The zero-order chi connectivity index (χ0) is 16.7.